The van der Waals surface area contributed by atoms with Crippen LogP contribution in [0.3, 0.4) is 0 Å². The molecule has 11 aromatic rings. The van der Waals surface area contributed by atoms with Crippen molar-refractivity contribution in [2.24, 2.45) is 0 Å². The second-order valence-corrected chi connectivity index (χ2v) is 15.3. The van der Waals surface area contributed by atoms with E-state index in [1.165, 1.54) is 31.3 Å². The highest BCUT2D eigenvalue weighted by Gasteiger charge is 2.16. The Kier molecular flexibility index (Phi) is 7.68. The zero-order valence-corrected chi connectivity index (χ0v) is 31.0. The van der Waals surface area contributed by atoms with Crippen molar-refractivity contribution in [1.82, 2.24) is 9.97 Å². The van der Waals surface area contributed by atoms with Crippen LogP contribution in [0.1, 0.15) is 0 Å². The van der Waals surface area contributed by atoms with Gasteiger partial charge in [0.25, 0.3) is 0 Å². The molecule has 8 aromatic carbocycles. The maximum Gasteiger partial charge on any atom is 0.160 e. The fourth-order valence-corrected chi connectivity index (χ4v) is 9.01. The highest BCUT2D eigenvalue weighted by Crippen LogP contribution is 2.40. The van der Waals surface area contributed by atoms with Crippen LogP contribution in [-0.4, -0.2) is 9.97 Å². The lowest BCUT2D eigenvalue weighted by atomic mass is 9.92. The summed E-state index contributed by atoms with van der Waals surface area (Å²) in [7, 11) is 0. The molecule has 0 atom stereocenters. The average Bonchev–Trinajstić information content (AvgIpc) is 3.84. The summed E-state index contributed by atoms with van der Waals surface area (Å²) in [4.78, 5) is 10.3. The van der Waals surface area contributed by atoms with Gasteiger partial charge in [-0.2, -0.15) is 0 Å². The minimum atomic E-state index is 0.693. The van der Waals surface area contributed by atoms with Crippen LogP contribution in [0.15, 0.2) is 199 Å². The number of aromatic nitrogens is 2. The molecule has 0 saturated heterocycles. The van der Waals surface area contributed by atoms with Crippen molar-refractivity contribution < 1.29 is 4.42 Å². The summed E-state index contributed by atoms with van der Waals surface area (Å²) in [5, 5.41) is 4.83. The first-order valence-electron chi connectivity index (χ1n) is 18.8. The van der Waals surface area contributed by atoms with Gasteiger partial charge >= 0.3 is 0 Å². The van der Waals surface area contributed by atoms with Crippen LogP contribution in [0.25, 0.3) is 109 Å². The van der Waals surface area contributed by atoms with Gasteiger partial charge in [-0.15, -0.1) is 11.3 Å². The second kappa shape index (κ2) is 13.3. The summed E-state index contributed by atoms with van der Waals surface area (Å²) in [6.45, 7) is 0. The number of fused-ring (bicyclic) bond motifs is 6. The van der Waals surface area contributed by atoms with Crippen molar-refractivity contribution in [3.05, 3.63) is 194 Å². The molecule has 0 N–H and O–H groups in total. The molecule has 0 bridgehead atoms. The first-order chi connectivity index (χ1) is 27.7. The number of nitrogens with zero attached hydrogens (tertiary/aromatic N) is 2. The molecule has 56 heavy (non-hydrogen) atoms. The zero-order chi connectivity index (χ0) is 37.0. The predicted molar refractivity (Wildman–Crippen MR) is 235 cm³/mol. The largest absolute Gasteiger partial charge is 0.456 e. The van der Waals surface area contributed by atoms with Gasteiger partial charge in [0.2, 0.25) is 0 Å². The molecular formula is C52H32N2OS. The highest BCUT2D eigenvalue weighted by atomic mass is 32.1. The van der Waals surface area contributed by atoms with Gasteiger partial charge in [0, 0.05) is 47.6 Å². The van der Waals surface area contributed by atoms with Gasteiger partial charge in [0.05, 0.1) is 11.4 Å². The Bertz CT molecular complexity index is 3190. The number of furan rings is 1. The summed E-state index contributed by atoms with van der Waals surface area (Å²) < 4.78 is 8.84. The van der Waals surface area contributed by atoms with Crippen molar-refractivity contribution in [2.75, 3.05) is 0 Å². The molecule has 0 saturated carbocycles. The van der Waals surface area contributed by atoms with Gasteiger partial charge < -0.3 is 4.42 Å². The molecule has 3 nitrogen and oxygen atoms in total. The van der Waals surface area contributed by atoms with Crippen LogP contribution >= 0.6 is 11.3 Å². The van der Waals surface area contributed by atoms with Crippen LogP contribution < -0.4 is 0 Å². The molecule has 4 heteroatoms. The van der Waals surface area contributed by atoms with E-state index in [0.717, 1.165) is 72.3 Å². The summed E-state index contributed by atoms with van der Waals surface area (Å²) >= 11 is 1.85. The monoisotopic (exact) mass is 732 g/mol. The van der Waals surface area contributed by atoms with Gasteiger partial charge in [0.15, 0.2) is 5.82 Å². The summed E-state index contributed by atoms with van der Waals surface area (Å²) in [5.41, 5.74) is 13.4. The van der Waals surface area contributed by atoms with E-state index in [-0.39, 0.29) is 0 Å². The van der Waals surface area contributed by atoms with E-state index in [9.17, 15) is 0 Å². The molecule has 3 heterocycles. The van der Waals surface area contributed by atoms with Crippen LogP contribution in [0.2, 0.25) is 0 Å². The molecule has 0 unspecified atom stereocenters. The van der Waals surface area contributed by atoms with Gasteiger partial charge in [0.1, 0.15) is 11.2 Å². The molecule has 3 aromatic heterocycles. The van der Waals surface area contributed by atoms with Crippen molar-refractivity contribution in [2.45, 2.75) is 0 Å². The van der Waals surface area contributed by atoms with Crippen molar-refractivity contribution in [1.29, 1.82) is 0 Å². The topological polar surface area (TPSA) is 38.9 Å². The summed E-state index contributed by atoms with van der Waals surface area (Å²) in [5.74, 6) is 0.693. The molecule has 0 spiro atoms. The van der Waals surface area contributed by atoms with Crippen LogP contribution in [-0.2, 0) is 0 Å². The molecule has 0 radical (unpaired) electrons. The van der Waals surface area contributed by atoms with Gasteiger partial charge in [-0.3, -0.25) is 0 Å². The van der Waals surface area contributed by atoms with E-state index in [2.05, 4.69) is 158 Å². The molecule has 0 fully saturated rings. The fraction of sp³-hybridized carbons (Fsp3) is 0. The molecule has 262 valence electrons. The van der Waals surface area contributed by atoms with Gasteiger partial charge in [-0.25, -0.2) is 9.97 Å². The van der Waals surface area contributed by atoms with Gasteiger partial charge in [-0.1, -0.05) is 133 Å². The zero-order valence-electron chi connectivity index (χ0n) is 30.2. The fourth-order valence-electron chi connectivity index (χ4n) is 7.87. The number of rotatable bonds is 6. The number of benzene rings is 8. The van der Waals surface area contributed by atoms with E-state index in [1.807, 2.05) is 47.7 Å². The van der Waals surface area contributed by atoms with E-state index in [4.69, 9.17) is 14.4 Å². The molecular weight excluding hydrogens is 701 g/mol. The van der Waals surface area contributed by atoms with Crippen molar-refractivity contribution in [3.8, 4) is 67.3 Å². The normalized spacial score (nSPS) is 11.6. The smallest absolute Gasteiger partial charge is 0.160 e. The first kappa shape index (κ1) is 32.3. The molecule has 0 aliphatic heterocycles. The Morgan fingerprint density at radius 2 is 0.839 bits per heavy atom. The molecule has 0 aliphatic rings. The maximum atomic E-state index is 6.22. The summed E-state index contributed by atoms with van der Waals surface area (Å²) in [6.07, 6.45) is 0. The van der Waals surface area contributed by atoms with Gasteiger partial charge in [-0.05, 0) is 94.0 Å². The van der Waals surface area contributed by atoms with Crippen LogP contribution in [0, 0.1) is 0 Å². The van der Waals surface area contributed by atoms with E-state index < -0.39 is 0 Å². The minimum Gasteiger partial charge on any atom is -0.456 e. The first-order valence-corrected chi connectivity index (χ1v) is 19.6. The molecule has 11 rings (SSSR count). The lowest BCUT2D eigenvalue weighted by Gasteiger charge is -2.14. The number of hydrogen-bond acceptors (Lipinski definition) is 4. The van der Waals surface area contributed by atoms with E-state index >= 15 is 0 Å². The third kappa shape index (κ3) is 5.76. The SMILES string of the molecule is c1ccc(-c2cc(-c3cc(-c4cccc(-c5ccc6c(c5)sc5ccccc56)c4)cc(-c4ccc5oc6ccccc6c5c4)c3)nc(-c3ccccc3)n2)cc1. The standard InChI is InChI=1S/C52H32N2OS/c1-3-12-33(13-4-1)46-32-47(54-52(53-46)34-14-5-2-6-15-34)41-28-39(27-40(29-41)37-23-25-49-45(30-37)42-18-7-9-20-48(42)55-49)36-17-11-16-35(26-36)38-22-24-44-43-19-8-10-21-50(43)56-51(44)31-38/h1-32H. The molecule has 0 aliphatic carbocycles. The number of thiophene rings is 1. The van der Waals surface area contributed by atoms with Crippen LogP contribution in [0.5, 0.6) is 0 Å². The Labute approximate surface area is 327 Å². The Morgan fingerprint density at radius 1 is 0.304 bits per heavy atom. The Balaban J connectivity index is 1.10. The van der Waals surface area contributed by atoms with E-state index in [0.29, 0.717) is 5.82 Å². The lowest BCUT2D eigenvalue weighted by Crippen LogP contribution is -1.96. The predicted octanol–water partition coefficient (Wildman–Crippen LogP) is 14.7. The third-order valence-corrected chi connectivity index (χ3v) is 11.8. The van der Waals surface area contributed by atoms with Crippen molar-refractivity contribution >= 4 is 53.4 Å². The van der Waals surface area contributed by atoms with Crippen LogP contribution in [0.4, 0.5) is 0 Å². The maximum absolute atomic E-state index is 6.22. The average molecular weight is 733 g/mol. The lowest BCUT2D eigenvalue weighted by molar-refractivity contribution is 0.669. The highest BCUT2D eigenvalue weighted by molar-refractivity contribution is 7.25. The number of para-hydroxylation sites is 1. The third-order valence-electron chi connectivity index (χ3n) is 10.7. The summed E-state index contributed by atoms with van der Waals surface area (Å²) in [6, 6.07) is 68.7. The second-order valence-electron chi connectivity index (χ2n) is 14.2. The minimum absolute atomic E-state index is 0.693. The van der Waals surface area contributed by atoms with E-state index in [1.54, 1.807) is 0 Å². The van der Waals surface area contributed by atoms with Crippen molar-refractivity contribution in [3.63, 3.8) is 0 Å². The number of hydrogen-bond donors (Lipinski definition) is 0. The quantitative estimate of drug-likeness (QED) is 0.171. The Morgan fingerprint density at radius 3 is 1.64 bits per heavy atom. The Hall–Kier alpha value is -7.14. The molecule has 0 amide bonds.